The predicted molar refractivity (Wildman–Crippen MR) is 163 cm³/mol. The molecule has 3 rings (SSSR count). The molecule has 0 unspecified atom stereocenters. The van der Waals surface area contributed by atoms with Crippen molar-refractivity contribution in [2.45, 2.75) is 64.8 Å². The number of piperidine rings is 1. The molecule has 1 aromatic rings. The van der Waals surface area contributed by atoms with Crippen LogP contribution in [0, 0.1) is 5.92 Å². The SMILES string of the molecule is CC(=O)N(C)CCC[C@H]1C(=O)N(C)CCCCN(C(=O)CN2CCC(C)CC2)CCCOc2ccccc2C(=O)N1C. The minimum Gasteiger partial charge on any atom is -0.493 e. The summed E-state index contributed by atoms with van der Waals surface area (Å²) >= 11 is 0. The van der Waals surface area contributed by atoms with Crippen molar-refractivity contribution < 1.29 is 23.9 Å². The van der Waals surface area contributed by atoms with Crippen LogP contribution in [-0.2, 0) is 14.4 Å². The molecule has 0 saturated carbocycles. The van der Waals surface area contributed by atoms with Crippen LogP contribution in [0.25, 0.3) is 0 Å². The van der Waals surface area contributed by atoms with Crippen LogP contribution < -0.4 is 4.74 Å². The first-order valence-electron chi connectivity index (χ1n) is 15.5. The van der Waals surface area contributed by atoms with Crippen molar-refractivity contribution in [1.29, 1.82) is 0 Å². The number of likely N-dealkylation sites (N-methyl/N-ethyl adjacent to an activating group) is 2. The number of rotatable bonds is 6. The largest absolute Gasteiger partial charge is 0.493 e. The molecule has 1 atom stereocenters. The number of hydrogen-bond donors (Lipinski definition) is 0. The number of nitrogens with zero attached hydrogens (tertiary/aromatic N) is 5. The number of benzene rings is 1. The second-order valence-electron chi connectivity index (χ2n) is 12.0. The maximum absolute atomic E-state index is 13.7. The molecule has 0 N–H and O–H groups in total. The van der Waals surface area contributed by atoms with Gasteiger partial charge in [-0.2, -0.15) is 0 Å². The fourth-order valence-corrected chi connectivity index (χ4v) is 5.59. The zero-order valence-corrected chi connectivity index (χ0v) is 26.3. The Bertz CT molecular complexity index is 1060. The number of hydrogen-bond acceptors (Lipinski definition) is 6. The van der Waals surface area contributed by atoms with Gasteiger partial charge in [-0.15, -0.1) is 0 Å². The summed E-state index contributed by atoms with van der Waals surface area (Å²) in [5.74, 6) is 0.879. The highest BCUT2D eigenvalue weighted by molar-refractivity contribution is 5.99. The molecule has 0 spiro atoms. The van der Waals surface area contributed by atoms with E-state index in [0.717, 1.165) is 38.8 Å². The van der Waals surface area contributed by atoms with Crippen LogP contribution in [0.3, 0.4) is 0 Å². The van der Waals surface area contributed by atoms with Gasteiger partial charge in [0, 0.05) is 54.2 Å². The fraction of sp³-hybridized carbons (Fsp3) is 0.688. The monoisotopic (exact) mass is 585 g/mol. The lowest BCUT2D eigenvalue weighted by Crippen LogP contribution is -2.49. The molecule has 2 aliphatic heterocycles. The molecule has 0 aromatic heterocycles. The average molecular weight is 586 g/mol. The number of para-hydroxylation sites is 1. The van der Waals surface area contributed by atoms with Gasteiger partial charge in [0.15, 0.2) is 0 Å². The van der Waals surface area contributed by atoms with Gasteiger partial charge in [0.05, 0.1) is 18.7 Å². The van der Waals surface area contributed by atoms with Crippen molar-refractivity contribution in [3.05, 3.63) is 29.8 Å². The van der Waals surface area contributed by atoms with Crippen molar-refractivity contribution >= 4 is 23.6 Å². The molecule has 1 saturated heterocycles. The highest BCUT2D eigenvalue weighted by atomic mass is 16.5. The lowest BCUT2D eigenvalue weighted by Gasteiger charge is -2.33. The van der Waals surface area contributed by atoms with Gasteiger partial charge in [0.25, 0.3) is 5.91 Å². The van der Waals surface area contributed by atoms with Crippen LogP contribution in [-0.4, -0.2) is 128 Å². The molecule has 10 nitrogen and oxygen atoms in total. The van der Waals surface area contributed by atoms with Crippen molar-refractivity contribution in [3.8, 4) is 5.75 Å². The van der Waals surface area contributed by atoms with Gasteiger partial charge in [-0.1, -0.05) is 19.1 Å². The van der Waals surface area contributed by atoms with Crippen LogP contribution in [0.4, 0.5) is 0 Å². The molecule has 4 amide bonds. The molecule has 10 heteroatoms. The second-order valence-corrected chi connectivity index (χ2v) is 12.0. The standard InChI is InChI=1S/C32H51N5O5/c1-25-15-21-36(22-16-25)24-30(39)37-19-9-8-17-34(4)32(41)28(13-10-18-33(3)26(2)38)35(5)31(40)27-12-6-7-14-29(27)42-23-11-20-37/h6-7,12,14,25,28H,8-11,13,15-24H2,1-5H3/t28-/m0/s1. The zero-order valence-electron chi connectivity index (χ0n) is 26.3. The lowest BCUT2D eigenvalue weighted by atomic mass is 9.99. The van der Waals surface area contributed by atoms with Gasteiger partial charge in [-0.05, 0) is 76.1 Å². The molecule has 42 heavy (non-hydrogen) atoms. The van der Waals surface area contributed by atoms with E-state index in [1.807, 2.05) is 11.0 Å². The maximum Gasteiger partial charge on any atom is 0.258 e. The molecule has 234 valence electrons. The Hall–Kier alpha value is -3.14. The Kier molecular flexibility index (Phi) is 13.1. The molecule has 1 fully saturated rings. The van der Waals surface area contributed by atoms with Crippen LogP contribution in [0.2, 0.25) is 0 Å². The van der Waals surface area contributed by atoms with E-state index >= 15 is 0 Å². The molecule has 1 aromatic carbocycles. The molecule has 2 aliphatic rings. The summed E-state index contributed by atoms with van der Waals surface area (Å²) in [6, 6.07) is 6.44. The maximum atomic E-state index is 13.7. The lowest BCUT2D eigenvalue weighted by molar-refractivity contribution is -0.135. The summed E-state index contributed by atoms with van der Waals surface area (Å²) < 4.78 is 6.08. The topological polar surface area (TPSA) is 93.7 Å². The van der Waals surface area contributed by atoms with Crippen LogP contribution in [0.15, 0.2) is 24.3 Å². The molecule has 0 radical (unpaired) electrons. The summed E-state index contributed by atoms with van der Waals surface area (Å²) in [6.45, 7) is 8.79. The van der Waals surface area contributed by atoms with E-state index in [1.165, 1.54) is 11.8 Å². The van der Waals surface area contributed by atoms with E-state index in [9.17, 15) is 19.2 Å². The van der Waals surface area contributed by atoms with Crippen LogP contribution in [0.1, 0.15) is 69.2 Å². The van der Waals surface area contributed by atoms with E-state index in [1.54, 1.807) is 49.1 Å². The van der Waals surface area contributed by atoms with E-state index in [0.29, 0.717) is 75.8 Å². The van der Waals surface area contributed by atoms with Gasteiger partial charge in [-0.25, -0.2) is 0 Å². The van der Waals surface area contributed by atoms with Gasteiger partial charge >= 0.3 is 0 Å². The van der Waals surface area contributed by atoms with Gasteiger partial charge < -0.3 is 24.3 Å². The number of likely N-dealkylation sites (tertiary alicyclic amines) is 1. The number of carbonyl (C=O) groups is 4. The minimum absolute atomic E-state index is 0.0370. The predicted octanol–water partition coefficient (Wildman–Crippen LogP) is 2.97. The third kappa shape index (κ3) is 9.71. The quantitative estimate of drug-likeness (QED) is 0.510. The zero-order chi connectivity index (χ0) is 30.6. The Morgan fingerprint density at radius 1 is 0.976 bits per heavy atom. The summed E-state index contributed by atoms with van der Waals surface area (Å²) in [5.41, 5.74) is 0.403. The fourth-order valence-electron chi connectivity index (χ4n) is 5.59. The van der Waals surface area contributed by atoms with Gasteiger partial charge in [0.1, 0.15) is 11.8 Å². The van der Waals surface area contributed by atoms with E-state index in [4.69, 9.17) is 4.74 Å². The third-order valence-corrected chi connectivity index (χ3v) is 8.66. The smallest absolute Gasteiger partial charge is 0.258 e. The highest BCUT2D eigenvalue weighted by Gasteiger charge is 2.31. The molecular weight excluding hydrogens is 534 g/mol. The van der Waals surface area contributed by atoms with E-state index in [-0.39, 0.29) is 23.6 Å². The van der Waals surface area contributed by atoms with Gasteiger partial charge in [-0.3, -0.25) is 24.1 Å². The van der Waals surface area contributed by atoms with Crippen LogP contribution in [0.5, 0.6) is 5.75 Å². The first-order chi connectivity index (χ1) is 20.1. The average Bonchev–Trinajstić information content (AvgIpc) is 2.98. The first kappa shape index (κ1) is 33.4. The molecular formula is C32H51N5O5. The summed E-state index contributed by atoms with van der Waals surface area (Å²) in [7, 11) is 5.18. The number of amides is 4. The number of ether oxygens (including phenoxy) is 1. The highest BCUT2D eigenvalue weighted by Crippen LogP contribution is 2.23. The number of fused-ring (bicyclic) bond motifs is 1. The van der Waals surface area contributed by atoms with E-state index < -0.39 is 6.04 Å². The minimum atomic E-state index is -0.672. The molecule has 0 aliphatic carbocycles. The Labute approximate surface area is 251 Å². The third-order valence-electron chi connectivity index (χ3n) is 8.66. The van der Waals surface area contributed by atoms with Crippen LogP contribution >= 0.6 is 0 Å². The number of carbonyl (C=O) groups excluding carboxylic acids is 4. The summed E-state index contributed by atoms with van der Waals surface area (Å²) in [4.78, 5) is 61.4. The molecule has 0 bridgehead atoms. The Morgan fingerprint density at radius 3 is 2.36 bits per heavy atom. The van der Waals surface area contributed by atoms with Crippen molar-refractivity contribution in [1.82, 2.24) is 24.5 Å². The normalized spacial score (nSPS) is 20.7. The van der Waals surface area contributed by atoms with Gasteiger partial charge in [0.2, 0.25) is 17.7 Å². The molecule has 2 heterocycles. The second kappa shape index (κ2) is 16.5. The Balaban J connectivity index is 1.76. The van der Waals surface area contributed by atoms with Crippen molar-refractivity contribution in [2.24, 2.45) is 5.92 Å². The Morgan fingerprint density at radius 2 is 1.64 bits per heavy atom. The van der Waals surface area contributed by atoms with Crippen molar-refractivity contribution in [2.75, 3.05) is 73.6 Å². The first-order valence-corrected chi connectivity index (χ1v) is 15.5. The summed E-state index contributed by atoms with van der Waals surface area (Å²) in [6.07, 6.45) is 5.47. The van der Waals surface area contributed by atoms with Crippen molar-refractivity contribution in [3.63, 3.8) is 0 Å². The van der Waals surface area contributed by atoms with E-state index in [2.05, 4.69) is 11.8 Å². The summed E-state index contributed by atoms with van der Waals surface area (Å²) in [5, 5.41) is 0.